The van der Waals surface area contributed by atoms with Gasteiger partial charge in [-0.2, -0.15) is 0 Å². The van der Waals surface area contributed by atoms with Crippen LogP contribution in [0.2, 0.25) is 0 Å². The van der Waals surface area contributed by atoms with Crippen LogP contribution < -0.4 is 5.32 Å². The number of hydrogen-bond acceptors (Lipinski definition) is 2. The molecule has 2 N–H and O–H groups in total. The first kappa shape index (κ1) is 8.63. The molecule has 0 rings (SSSR count). The summed E-state index contributed by atoms with van der Waals surface area (Å²) >= 11 is 0. The van der Waals surface area contributed by atoms with Crippen LogP contribution in [-0.4, -0.2) is 18.8 Å². The number of hydrogen-bond donors (Lipinski definition) is 2. The molecule has 0 aromatic rings. The smallest absolute Gasteiger partial charge is 0.00708 e. The molecular weight excluding hydrogens is 112 g/mol. The van der Waals surface area contributed by atoms with Gasteiger partial charge >= 0.3 is 0 Å². The van der Waals surface area contributed by atoms with E-state index in [4.69, 9.17) is 5.41 Å². The van der Waals surface area contributed by atoms with Gasteiger partial charge in [0.1, 0.15) is 0 Å². The van der Waals surface area contributed by atoms with Crippen LogP contribution in [0.15, 0.2) is 0 Å². The maximum atomic E-state index is 7.09. The Labute approximate surface area is 57.2 Å². The molecule has 2 heteroatoms. The number of rotatable bonds is 5. The lowest BCUT2D eigenvalue weighted by Crippen LogP contribution is -2.17. The summed E-state index contributed by atoms with van der Waals surface area (Å²) in [5, 5.41) is 10.3. The van der Waals surface area contributed by atoms with E-state index in [1.54, 1.807) is 0 Å². The van der Waals surface area contributed by atoms with Crippen LogP contribution in [0.5, 0.6) is 0 Å². The summed E-state index contributed by atoms with van der Waals surface area (Å²) in [4.78, 5) is 0. The number of nitrogens with one attached hydrogen (secondary N) is 2. The molecule has 0 aromatic heterocycles. The molecule has 9 heavy (non-hydrogen) atoms. The van der Waals surface area contributed by atoms with Crippen molar-refractivity contribution in [1.29, 1.82) is 5.41 Å². The second-order valence-electron chi connectivity index (χ2n) is 2.28. The highest BCUT2D eigenvalue weighted by Crippen LogP contribution is 1.78. The summed E-state index contributed by atoms with van der Waals surface area (Å²) in [5.41, 5.74) is 0.763. The predicted octanol–water partition coefficient (Wildman–Crippen LogP) is 1.42. The highest BCUT2D eigenvalue weighted by atomic mass is 14.8. The minimum Gasteiger partial charge on any atom is -0.316 e. The Hall–Kier alpha value is -0.370. The van der Waals surface area contributed by atoms with Crippen molar-refractivity contribution in [3.8, 4) is 0 Å². The van der Waals surface area contributed by atoms with Gasteiger partial charge in [-0.25, -0.2) is 0 Å². The first-order chi connectivity index (χ1) is 4.27. The molecule has 0 aliphatic carbocycles. The molecule has 0 aliphatic heterocycles. The molecule has 54 valence electrons. The van der Waals surface area contributed by atoms with Crippen molar-refractivity contribution in [3.63, 3.8) is 0 Å². The quantitative estimate of drug-likeness (QED) is 0.426. The van der Waals surface area contributed by atoms with E-state index >= 15 is 0 Å². The first-order valence-electron chi connectivity index (χ1n) is 3.52. The van der Waals surface area contributed by atoms with Gasteiger partial charge < -0.3 is 10.7 Å². The van der Waals surface area contributed by atoms with Crippen molar-refractivity contribution < 1.29 is 0 Å². The van der Waals surface area contributed by atoms with Gasteiger partial charge in [-0.3, -0.25) is 0 Å². The van der Waals surface area contributed by atoms with E-state index in [0.29, 0.717) is 0 Å². The standard InChI is InChI=1S/C7H16N2/c1-3-5-9-6-4-7(2)8/h8-9H,3-6H2,1-2H3. The summed E-state index contributed by atoms with van der Waals surface area (Å²) in [6.07, 6.45) is 2.07. The van der Waals surface area contributed by atoms with Crippen LogP contribution in [0.25, 0.3) is 0 Å². The second-order valence-corrected chi connectivity index (χ2v) is 2.28. The monoisotopic (exact) mass is 128 g/mol. The van der Waals surface area contributed by atoms with Crippen LogP contribution >= 0.6 is 0 Å². The Bertz CT molecular complexity index is 79.0. The maximum Gasteiger partial charge on any atom is 0.00708 e. The second kappa shape index (κ2) is 5.76. The van der Waals surface area contributed by atoms with E-state index in [0.717, 1.165) is 25.2 Å². The first-order valence-corrected chi connectivity index (χ1v) is 3.52. The Balaban J connectivity index is 2.83. The predicted molar refractivity (Wildman–Crippen MR) is 41.2 cm³/mol. The minimum atomic E-state index is 0.763. The van der Waals surface area contributed by atoms with E-state index < -0.39 is 0 Å². The van der Waals surface area contributed by atoms with E-state index in [2.05, 4.69) is 12.2 Å². The lowest BCUT2D eigenvalue weighted by molar-refractivity contribution is 0.685. The van der Waals surface area contributed by atoms with Crippen molar-refractivity contribution in [1.82, 2.24) is 5.32 Å². The third-order valence-corrected chi connectivity index (χ3v) is 1.10. The van der Waals surface area contributed by atoms with Gasteiger partial charge in [-0.1, -0.05) is 6.92 Å². The van der Waals surface area contributed by atoms with Gasteiger partial charge in [0.2, 0.25) is 0 Å². The average Bonchev–Trinajstić information content (AvgIpc) is 1.80. The van der Waals surface area contributed by atoms with Gasteiger partial charge in [0.25, 0.3) is 0 Å². The van der Waals surface area contributed by atoms with Crippen LogP contribution in [-0.2, 0) is 0 Å². The molecule has 0 aliphatic rings. The summed E-state index contributed by atoms with van der Waals surface area (Å²) in [6, 6.07) is 0. The molecule has 0 spiro atoms. The zero-order valence-corrected chi connectivity index (χ0v) is 6.33. The van der Waals surface area contributed by atoms with Crippen molar-refractivity contribution in [2.75, 3.05) is 13.1 Å². The molecule has 0 aromatic carbocycles. The van der Waals surface area contributed by atoms with Crippen LogP contribution in [0.3, 0.4) is 0 Å². The summed E-state index contributed by atoms with van der Waals surface area (Å²) in [6.45, 7) is 6.02. The van der Waals surface area contributed by atoms with Gasteiger partial charge in [0.05, 0.1) is 0 Å². The highest BCUT2D eigenvalue weighted by Gasteiger charge is 1.86. The van der Waals surface area contributed by atoms with Crippen LogP contribution in [0.4, 0.5) is 0 Å². The van der Waals surface area contributed by atoms with E-state index in [1.165, 1.54) is 6.42 Å². The minimum absolute atomic E-state index is 0.763. The topological polar surface area (TPSA) is 35.9 Å². The Morgan fingerprint density at radius 2 is 2.11 bits per heavy atom. The molecule has 2 nitrogen and oxygen atoms in total. The molecular formula is C7H16N2. The van der Waals surface area contributed by atoms with Crippen molar-refractivity contribution in [2.24, 2.45) is 0 Å². The van der Waals surface area contributed by atoms with Gasteiger partial charge in [0, 0.05) is 12.3 Å². The maximum absolute atomic E-state index is 7.09. The van der Waals surface area contributed by atoms with Crippen LogP contribution in [0, 0.1) is 5.41 Å². The molecule has 0 saturated heterocycles. The molecule has 0 bridgehead atoms. The molecule has 0 atom stereocenters. The lowest BCUT2D eigenvalue weighted by atomic mass is 10.3. The molecule has 0 radical (unpaired) electrons. The zero-order valence-electron chi connectivity index (χ0n) is 6.33. The molecule has 0 fully saturated rings. The fraction of sp³-hybridized carbons (Fsp3) is 0.857. The van der Waals surface area contributed by atoms with Crippen LogP contribution in [0.1, 0.15) is 26.7 Å². The Morgan fingerprint density at radius 1 is 1.44 bits per heavy atom. The van der Waals surface area contributed by atoms with Crippen molar-refractivity contribution in [3.05, 3.63) is 0 Å². The molecule has 0 heterocycles. The van der Waals surface area contributed by atoms with E-state index in [9.17, 15) is 0 Å². The van der Waals surface area contributed by atoms with Gasteiger partial charge in [-0.05, 0) is 26.3 Å². The summed E-state index contributed by atoms with van der Waals surface area (Å²) in [7, 11) is 0. The lowest BCUT2D eigenvalue weighted by Gasteiger charge is -1.99. The highest BCUT2D eigenvalue weighted by molar-refractivity contribution is 5.78. The molecule has 0 amide bonds. The Morgan fingerprint density at radius 3 is 2.56 bits per heavy atom. The summed E-state index contributed by atoms with van der Waals surface area (Å²) in [5.74, 6) is 0. The fourth-order valence-corrected chi connectivity index (χ4v) is 0.578. The normalized spacial score (nSPS) is 9.56. The fourth-order valence-electron chi connectivity index (χ4n) is 0.578. The summed E-state index contributed by atoms with van der Waals surface area (Å²) < 4.78 is 0. The molecule has 0 unspecified atom stereocenters. The zero-order chi connectivity index (χ0) is 7.11. The SMILES string of the molecule is CCCNCCC(C)=N. The average molecular weight is 128 g/mol. The molecule has 0 saturated carbocycles. The van der Waals surface area contributed by atoms with E-state index in [-0.39, 0.29) is 0 Å². The van der Waals surface area contributed by atoms with E-state index in [1.807, 2.05) is 6.92 Å². The largest absolute Gasteiger partial charge is 0.316 e. The Kier molecular flexibility index (Phi) is 5.52. The van der Waals surface area contributed by atoms with Crippen molar-refractivity contribution in [2.45, 2.75) is 26.7 Å². The van der Waals surface area contributed by atoms with Gasteiger partial charge in [0.15, 0.2) is 0 Å². The van der Waals surface area contributed by atoms with Gasteiger partial charge in [-0.15, -0.1) is 0 Å². The third kappa shape index (κ3) is 7.63. The third-order valence-electron chi connectivity index (χ3n) is 1.10. The van der Waals surface area contributed by atoms with Crippen molar-refractivity contribution >= 4 is 5.71 Å².